The lowest BCUT2D eigenvalue weighted by molar-refractivity contribution is -0.139. The van der Waals surface area contributed by atoms with Crippen molar-refractivity contribution in [2.45, 2.75) is 19.8 Å². The third-order valence-electron chi connectivity index (χ3n) is 2.38. The Hall–Kier alpha value is -2.37. The fourth-order valence-corrected chi connectivity index (χ4v) is 1.56. The van der Waals surface area contributed by atoms with E-state index in [-0.39, 0.29) is 6.61 Å². The quantitative estimate of drug-likeness (QED) is 0.858. The molecule has 0 spiro atoms. The summed E-state index contributed by atoms with van der Waals surface area (Å²) in [5.41, 5.74) is 0.706. The lowest BCUT2D eigenvalue weighted by atomic mass is 10.2. The molecule has 0 aliphatic carbocycles. The largest absolute Gasteiger partial charge is 0.482 e. The molecule has 0 fully saturated rings. The van der Waals surface area contributed by atoms with Crippen LogP contribution in [0.2, 0.25) is 0 Å². The second-order valence-corrected chi connectivity index (χ2v) is 3.98. The van der Waals surface area contributed by atoms with E-state index < -0.39 is 5.97 Å². The third-order valence-corrected chi connectivity index (χ3v) is 2.38. The highest BCUT2D eigenvalue weighted by Crippen LogP contribution is 2.22. The average molecular weight is 262 g/mol. The molecule has 1 aromatic heterocycles. The Morgan fingerprint density at radius 2 is 2.32 bits per heavy atom. The predicted octanol–water partition coefficient (Wildman–Crippen LogP) is 2.15. The average Bonchev–Trinajstić information content (AvgIpc) is 2.86. The minimum atomic E-state index is -1.02. The van der Waals surface area contributed by atoms with Gasteiger partial charge in [-0.1, -0.05) is 18.1 Å². The smallest absolute Gasteiger partial charge is 0.341 e. The van der Waals surface area contributed by atoms with Crippen molar-refractivity contribution in [3.8, 4) is 17.2 Å². The van der Waals surface area contributed by atoms with Gasteiger partial charge in [0.05, 0.1) is 0 Å². The highest BCUT2D eigenvalue weighted by atomic mass is 16.5. The summed E-state index contributed by atoms with van der Waals surface area (Å²) in [6, 6.07) is 6.90. The Labute approximate surface area is 110 Å². The van der Waals surface area contributed by atoms with E-state index in [2.05, 4.69) is 10.1 Å². The maximum atomic E-state index is 10.4. The van der Waals surface area contributed by atoms with Crippen molar-refractivity contribution in [2.75, 3.05) is 6.61 Å². The highest BCUT2D eigenvalue weighted by Gasteiger charge is 2.09. The molecule has 100 valence electrons. The molecule has 0 atom stereocenters. The molecular formula is C13H14N2O4. The first-order valence-electron chi connectivity index (χ1n) is 5.96. The number of carboxylic acid groups (broad SMARTS) is 1. The first kappa shape index (κ1) is 13.1. The zero-order chi connectivity index (χ0) is 13.7. The molecule has 0 bridgehead atoms. The van der Waals surface area contributed by atoms with Crippen LogP contribution in [0.25, 0.3) is 11.5 Å². The summed E-state index contributed by atoms with van der Waals surface area (Å²) in [5, 5.41) is 12.4. The van der Waals surface area contributed by atoms with Gasteiger partial charge in [-0.05, 0) is 24.6 Å². The van der Waals surface area contributed by atoms with Crippen LogP contribution in [0.1, 0.15) is 19.2 Å². The number of benzene rings is 1. The van der Waals surface area contributed by atoms with Gasteiger partial charge in [-0.15, -0.1) is 0 Å². The van der Waals surface area contributed by atoms with Crippen LogP contribution in [0, 0.1) is 0 Å². The molecule has 0 aliphatic rings. The number of aromatic nitrogens is 2. The van der Waals surface area contributed by atoms with Gasteiger partial charge in [0, 0.05) is 12.0 Å². The van der Waals surface area contributed by atoms with Crippen LogP contribution >= 0.6 is 0 Å². The summed E-state index contributed by atoms with van der Waals surface area (Å²) in [5.74, 6) is 0.502. The molecule has 2 aromatic rings. The van der Waals surface area contributed by atoms with Crippen LogP contribution in [0.15, 0.2) is 28.8 Å². The van der Waals surface area contributed by atoms with Gasteiger partial charge in [0.2, 0.25) is 0 Å². The van der Waals surface area contributed by atoms with Gasteiger partial charge in [-0.2, -0.15) is 4.98 Å². The molecule has 6 nitrogen and oxygen atoms in total. The molecule has 0 saturated heterocycles. The van der Waals surface area contributed by atoms with E-state index in [4.69, 9.17) is 14.4 Å². The number of aryl methyl sites for hydroxylation is 1. The standard InChI is InChI=1S/C13H14N2O4/c1-2-4-11-14-13(19-15-11)9-5-3-6-10(7-9)18-8-12(16)17/h3,5-7H,2,4,8H2,1H3,(H,16,17). The lowest BCUT2D eigenvalue weighted by Gasteiger charge is -2.03. The minimum absolute atomic E-state index is 0.381. The highest BCUT2D eigenvalue weighted by molar-refractivity contribution is 5.68. The van der Waals surface area contributed by atoms with Crippen molar-refractivity contribution in [3.63, 3.8) is 0 Å². The zero-order valence-corrected chi connectivity index (χ0v) is 10.5. The second-order valence-electron chi connectivity index (χ2n) is 3.98. The topological polar surface area (TPSA) is 85.5 Å². The van der Waals surface area contributed by atoms with Crippen LogP contribution < -0.4 is 4.74 Å². The predicted molar refractivity (Wildman–Crippen MR) is 66.9 cm³/mol. The van der Waals surface area contributed by atoms with Gasteiger partial charge in [0.15, 0.2) is 12.4 Å². The van der Waals surface area contributed by atoms with Gasteiger partial charge in [0.1, 0.15) is 5.75 Å². The van der Waals surface area contributed by atoms with Crippen LogP contribution in [0.4, 0.5) is 0 Å². The third kappa shape index (κ3) is 3.54. The summed E-state index contributed by atoms with van der Waals surface area (Å²) in [6.45, 7) is 1.66. The molecule has 1 N–H and O–H groups in total. The Morgan fingerprint density at radius 1 is 1.47 bits per heavy atom. The van der Waals surface area contributed by atoms with Crippen molar-refractivity contribution in [1.82, 2.24) is 10.1 Å². The van der Waals surface area contributed by atoms with Crippen molar-refractivity contribution in [1.29, 1.82) is 0 Å². The SMILES string of the molecule is CCCc1noc(-c2cccc(OCC(=O)O)c2)n1. The minimum Gasteiger partial charge on any atom is -0.482 e. The lowest BCUT2D eigenvalue weighted by Crippen LogP contribution is -2.09. The fourth-order valence-electron chi connectivity index (χ4n) is 1.56. The number of ether oxygens (including phenoxy) is 1. The van der Waals surface area contributed by atoms with Crippen LogP contribution in [-0.4, -0.2) is 27.8 Å². The first-order valence-corrected chi connectivity index (χ1v) is 5.96. The molecule has 0 saturated carbocycles. The molecule has 0 unspecified atom stereocenters. The van der Waals surface area contributed by atoms with Gasteiger partial charge in [0.25, 0.3) is 5.89 Å². The van der Waals surface area contributed by atoms with Gasteiger partial charge >= 0.3 is 5.97 Å². The van der Waals surface area contributed by atoms with E-state index in [0.29, 0.717) is 23.0 Å². The number of carbonyl (C=O) groups is 1. The summed E-state index contributed by atoms with van der Waals surface area (Å²) in [4.78, 5) is 14.7. The molecular weight excluding hydrogens is 248 g/mol. The molecule has 0 radical (unpaired) electrons. The zero-order valence-electron chi connectivity index (χ0n) is 10.5. The number of rotatable bonds is 6. The van der Waals surface area contributed by atoms with Crippen molar-refractivity contribution >= 4 is 5.97 Å². The Balaban J connectivity index is 2.14. The summed E-state index contributed by atoms with van der Waals surface area (Å²) in [6.07, 6.45) is 1.71. The normalized spacial score (nSPS) is 10.4. The van der Waals surface area contributed by atoms with Gasteiger partial charge in [-0.3, -0.25) is 0 Å². The number of hydrogen-bond acceptors (Lipinski definition) is 5. The summed E-state index contributed by atoms with van der Waals surface area (Å²) < 4.78 is 10.2. The van der Waals surface area contributed by atoms with Crippen molar-refractivity contribution < 1.29 is 19.2 Å². The maximum Gasteiger partial charge on any atom is 0.341 e. The Kier molecular flexibility index (Phi) is 4.12. The Morgan fingerprint density at radius 3 is 3.05 bits per heavy atom. The second kappa shape index (κ2) is 5.99. The van der Waals surface area contributed by atoms with E-state index in [1.165, 1.54) is 0 Å². The molecule has 0 amide bonds. The van der Waals surface area contributed by atoms with E-state index in [0.717, 1.165) is 12.8 Å². The molecule has 19 heavy (non-hydrogen) atoms. The number of nitrogens with zero attached hydrogens (tertiary/aromatic N) is 2. The number of hydrogen-bond donors (Lipinski definition) is 1. The molecule has 1 aromatic carbocycles. The van der Waals surface area contributed by atoms with Crippen LogP contribution in [0.5, 0.6) is 5.75 Å². The Bertz CT molecular complexity index is 565. The number of aliphatic carboxylic acids is 1. The fraction of sp³-hybridized carbons (Fsp3) is 0.308. The monoisotopic (exact) mass is 262 g/mol. The molecule has 1 heterocycles. The van der Waals surface area contributed by atoms with Crippen LogP contribution in [-0.2, 0) is 11.2 Å². The number of carboxylic acids is 1. The van der Waals surface area contributed by atoms with E-state index in [1.54, 1.807) is 24.3 Å². The van der Waals surface area contributed by atoms with Gasteiger partial charge in [-0.25, -0.2) is 4.79 Å². The first-order chi connectivity index (χ1) is 9.19. The van der Waals surface area contributed by atoms with E-state index in [1.807, 2.05) is 6.92 Å². The van der Waals surface area contributed by atoms with E-state index >= 15 is 0 Å². The molecule has 6 heteroatoms. The van der Waals surface area contributed by atoms with Gasteiger partial charge < -0.3 is 14.4 Å². The van der Waals surface area contributed by atoms with Crippen LogP contribution in [0.3, 0.4) is 0 Å². The van der Waals surface area contributed by atoms with E-state index in [9.17, 15) is 4.79 Å². The summed E-state index contributed by atoms with van der Waals surface area (Å²) >= 11 is 0. The molecule has 2 rings (SSSR count). The molecule has 0 aliphatic heterocycles. The summed E-state index contributed by atoms with van der Waals surface area (Å²) in [7, 11) is 0. The van der Waals surface area contributed by atoms with Crippen molar-refractivity contribution in [2.24, 2.45) is 0 Å². The van der Waals surface area contributed by atoms with Crippen molar-refractivity contribution in [3.05, 3.63) is 30.1 Å². The maximum absolute atomic E-state index is 10.4.